The fourth-order valence-corrected chi connectivity index (χ4v) is 3.77. The Morgan fingerprint density at radius 1 is 1.04 bits per heavy atom. The summed E-state index contributed by atoms with van der Waals surface area (Å²) >= 11 is 0. The molecule has 0 spiro atoms. The van der Waals surface area contributed by atoms with Gasteiger partial charge in [-0.15, -0.1) is 0 Å². The molecule has 27 heavy (non-hydrogen) atoms. The zero-order chi connectivity index (χ0) is 19.6. The van der Waals surface area contributed by atoms with E-state index in [0.29, 0.717) is 5.56 Å². The predicted molar refractivity (Wildman–Crippen MR) is 90.1 cm³/mol. The highest BCUT2D eigenvalue weighted by Crippen LogP contribution is 2.38. The molecule has 1 heterocycles. The predicted octanol–water partition coefficient (Wildman–Crippen LogP) is 2.89. The number of halogens is 3. The molecule has 1 aromatic rings. The number of imide groups is 1. The van der Waals surface area contributed by atoms with Crippen LogP contribution in [0.3, 0.4) is 0 Å². The van der Waals surface area contributed by atoms with E-state index in [1.54, 1.807) is 0 Å². The van der Waals surface area contributed by atoms with Gasteiger partial charge < -0.3 is 5.32 Å². The van der Waals surface area contributed by atoms with Gasteiger partial charge >= 0.3 is 6.18 Å². The summed E-state index contributed by atoms with van der Waals surface area (Å²) in [5.41, 5.74) is -0.208. The SMILES string of the molecule is O=C(CCN1C(=O)[C@@H]2CCCC[C@H]2C1=O)NCc1ccc(C(F)(F)F)cc1. The zero-order valence-electron chi connectivity index (χ0n) is 14.7. The van der Waals surface area contributed by atoms with Gasteiger partial charge in [-0.05, 0) is 30.5 Å². The fraction of sp³-hybridized carbons (Fsp3) is 0.526. The van der Waals surface area contributed by atoms with Crippen molar-refractivity contribution >= 4 is 17.7 Å². The fourth-order valence-electron chi connectivity index (χ4n) is 3.77. The van der Waals surface area contributed by atoms with Gasteiger partial charge in [0.2, 0.25) is 17.7 Å². The Morgan fingerprint density at radius 2 is 1.59 bits per heavy atom. The van der Waals surface area contributed by atoms with Crippen molar-refractivity contribution in [1.82, 2.24) is 10.2 Å². The lowest BCUT2D eigenvalue weighted by atomic mass is 9.81. The number of alkyl halides is 3. The average molecular weight is 382 g/mol. The van der Waals surface area contributed by atoms with Gasteiger partial charge in [-0.25, -0.2) is 0 Å². The molecule has 2 fully saturated rings. The summed E-state index contributed by atoms with van der Waals surface area (Å²) in [6.07, 6.45) is -1.06. The summed E-state index contributed by atoms with van der Waals surface area (Å²) in [5, 5.41) is 2.60. The molecule has 2 aliphatic rings. The third-order valence-electron chi connectivity index (χ3n) is 5.27. The molecule has 1 aromatic carbocycles. The molecule has 1 saturated carbocycles. The van der Waals surface area contributed by atoms with E-state index in [4.69, 9.17) is 0 Å². The van der Waals surface area contributed by atoms with Crippen molar-refractivity contribution in [3.05, 3.63) is 35.4 Å². The Labute approximate surface area is 154 Å². The van der Waals surface area contributed by atoms with Gasteiger partial charge in [0.15, 0.2) is 0 Å². The van der Waals surface area contributed by atoms with E-state index < -0.39 is 11.7 Å². The number of hydrogen-bond donors (Lipinski definition) is 1. The molecule has 146 valence electrons. The van der Waals surface area contributed by atoms with Crippen LogP contribution in [0.5, 0.6) is 0 Å². The minimum absolute atomic E-state index is 0.0163. The highest BCUT2D eigenvalue weighted by molar-refractivity contribution is 6.05. The maximum atomic E-state index is 12.5. The van der Waals surface area contributed by atoms with Crippen LogP contribution in [-0.4, -0.2) is 29.2 Å². The van der Waals surface area contributed by atoms with E-state index in [9.17, 15) is 27.6 Å². The molecule has 1 saturated heterocycles. The Morgan fingerprint density at radius 3 is 2.11 bits per heavy atom. The summed E-state index contributed by atoms with van der Waals surface area (Å²) in [4.78, 5) is 37.9. The Hall–Kier alpha value is -2.38. The van der Waals surface area contributed by atoms with Crippen molar-refractivity contribution in [3.8, 4) is 0 Å². The van der Waals surface area contributed by atoms with Crippen molar-refractivity contribution in [2.45, 2.75) is 44.8 Å². The molecular formula is C19H21F3N2O3. The number of hydrogen-bond acceptors (Lipinski definition) is 3. The molecular weight excluding hydrogens is 361 g/mol. The molecule has 5 nitrogen and oxygen atoms in total. The smallest absolute Gasteiger partial charge is 0.352 e. The molecule has 1 aliphatic heterocycles. The lowest BCUT2D eigenvalue weighted by molar-refractivity contribution is -0.140. The molecule has 1 N–H and O–H groups in total. The molecule has 0 aromatic heterocycles. The minimum Gasteiger partial charge on any atom is -0.352 e. The molecule has 0 unspecified atom stereocenters. The molecule has 0 radical (unpaired) electrons. The van der Waals surface area contributed by atoms with Gasteiger partial charge in [0, 0.05) is 19.5 Å². The van der Waals surface area contributed by atoms with Gasteiger partial charge in [0.1, 0.15) is 0 Å². The van der Waals surface area contributed by atoms with Crippen LogP contribution in [0, 0.1) is 11.8 Å². The van der Waals surface area contributed by atoms with E-state index in [0.717, 1.165) is 37.8 Å². The first-order chi connectivity index (χ1) is 12.8. The number of benzene rings is 1. The number of fused-ring (bicyclic) bond motifs is 1. The van der Waals surface area contributed by atoms with Crippen LogP contribution in [0.1, 0.15) is 43.2 Å². The number of carbonyl (C=O) groups excluding carboxylic acids is 3. The van der Waals surface area contributed by atoms with Crippen molar-refractivity contribution < 1.29 is 27.6 Å². The first-order valence-electron chi connectivity index (χ1n) is 9.05. The molecule has 3 rings (SSSR count). The van der Waals surface area contributed by atoms with Crippen molar-refractivity contribution in [3.63, 3.8) is 0 Å². The van der Waals surface area contributed by atoms with Crippen molar-refractivity contribution in [2.75, 3.05) is 6.54 Å². The summed E-state index contributed by atoms with van der Waals surface area (Å²) in [6, 6.07) is 4.54. The maximum Gasteiger partial charge on any atom is 0.416 e. The molecule has 8 heteroatoms. The van der Waals surface area contributed by atoms with Gasteiger partial charge in [-0.1, -0.05) is 25.0 Å². The van der Waals surface area contributed by atoms with Gasteiger partial charge in [0.05, 0.1) is 17.4 Å². The lowest BCUT2D eigenvalue weighted by Gasteiger charge is -2.19. The Kier molecular flexibility index (Phi) is 5.53. The second-order valence-corrected chi connectivity index (χ2v) is 7.05. The van der Waals surface area contributed by atoms with E-state index >= 15 is 0 Å². The van der Waals surface area contributed by atoms with E-state index in [2.05, 4.69) is 5.32 Å². The zero-order valence-corrected chi connectivity index (χ0v) is 14.7. The number of carbonyl (C=O) groups is 3. The van der Waals surface area contributed by atoms with Crippen molar-refractivity contribution in [1.29, 1.82) is 0 Å². The molecule has 3 amide bonds. The molecule has 0 bridgehead atoms. The molecule has 2 atom stereocenters. The van der Waals surface area contributed by atoms with Crippen LogP contribution in [0.2, 0.25) is 0 Å². The summed E-state index contributed by atoms with van der Waals surface area (Å²) in [5.74, 6) is -1.19. The van der Waals surface area contributed by atoms with E-state index in [-0.39, 0.29) is 49.1 Å². The third kappa shape index (κ3) is 4.31. The summed E-state index contributed by atoms with van der Waals surface area (Å²) in [6.45, 7) is 0.133. The second kappa shape index (κ2) is 7.70. The highest BCUT2D eigenvalue weighted by Gasteiger charge is 2.47. The highest BCUT2D eigenvalue weighted by atomic mass is 19.4. The van der Waals surface area contributed by atoms with E-state index in [1.807, 2.05) is 0 Å². The Bertz CT molecular complexity index is 707. The third-order valence-corrected chi connectivity index (χ3v) is 5.27. The van der Waals surface area contributed by atoms with Crippen molar-refractivity contribution in [2.24, 2.45) is 11.8 Å². The number of nitrogens with zero attached hydrogens (tertiary/aromatic N) is 1. The van der Waals surface area contributed by atoms with E-state index in [1.165, 1.54) is 17.0 Å². The summed E-state index contributed by atoms with van der Waals surface area (Å²) < 4.78 is 37.6. The molecule has 1 aliphatic carbocycles. The average Bonchev–Trinajstić information content (AvgIpc) is 2.89. The van der Waals surface area contributed by atoms with Crippen LogP contribution < -0.4 is 5.32 Å². The van der Waals surface area contributed by atoms with Crippen LogP contribution in [-0.2, 0) is 27.1 Å². The van der Waals surface area contributed by atoms with Crippen LogP contribution in [0.4, 0.5) is 13.2 Å². The van der Waals surface area contributed by atoms with Gasteiger partial charge in [-0.2, -0.15) is 13.2 Å². The monoisotopic (exact) mass is 382 g/mol. The first-order valence-corrected chi connectivity index (χ1v) is 9.05. The van der Waals surface area contributed by atoms with Crippen LogP contribution >= 0.6 is 0 Å². The van der Waals surface area contributed by atoms with Crippen LogP contribution in [0.25, 0.3) is 0 Å². The Balaban J connectivity index is 1.47. The number of likely N-dealkylation sites (tertiary alicyclic amines) is 1. The van der Waals surface area contributed by atoms with Crippen LogP contribution in [0.15, 0.2) is 24.3 Å². The largest absolute Gasteiger partial charge is 0.416 e. The topological polar surface area (TPSA) is 66.5 Å². The quantitative estimate of drug-likeness (QED) is 0.797. The number of nitrogens with one attached hydrogen (secondary N) is 1. The normalized spacial score (nSPS) is 22.7. The minimum atomic E-state index is -4.40. The maximum absolute atomic E-state index is 12.5. The standard InChI is InChI=1S/C19H21F3N2O3/c20-19(21,22)13-7-5-12(6-8-13)11-23-16(25)9-10-24-17(26)14-3-1-2-4-15(14)18(24)27/h5-8,14-15H,1-4,9-11H2,(H,23,25)/t14-,15-/m1/s1. The number of rotatable bonds is 5. The number of amides is 3. The second-order valence-electron chi connectivity index (χ2n) is 7.05. The van der Waals surface area contributed by atoms with Gasteiger partial charge in [0.25, 0.3) is 0 Å². The first kappa shape index (κ1) is 19.4. The lowest BCUT2D eigenvalue weighted by Crippen LogP contribution is -2.35. The van der Waals surface area contributed by atoms with Gasteiger partial charge in [-0.3, -0.25) is 19.3 Å². The summed E-state index contributed by atoms with van der Waals surface area (Å²) in [7, 11) is 0.